The third kappa shape index (κ3) is 4.12. The number of benzene rings is 1. The molecule has 1 aromatic carbocycles. The number of aromatic nitrogens is 1. The molecule has 0 radical (unpaired) electrons. The zero-order valence-corrected chi connectivity index (χ0v) is 16.0. The third-order valence-corrected chi connectivity index (χ3v) is 5.90. The van der Waals surface area contributed by atoms with Crippen LogP contribution in [0.4, 0.5) is 0 Å². The van der Waals surface area contributed by atoms with E-state index in [4.69, 9.17) is 4.74 Å². The number of β-amino-alcohol motifs (C(OH)–C–C–N with tert-alkyl or cyclic N) is 1. The lowest BCUT2D eigenvalue weighted by molar-refractivity contribution is -0.137. The second-order valence-corrected chi connectivity index (χ2v) is 8.06. The maximum atomic E-state index is 11.7. The van der Waals surface area contributed by atoms with Crippen LogP contribution in [-0.4, -0.2) is 70.2 Å². The third-order valence-electron chi connectivity index (χ3n) is 5.90. The Labute approximate surface area is 160 Å². The molecule has 2 aromatic rings. The van der Waals surface area contributed by atoms with E-state index >= 15 is 0 Å². The number of fused-ring (bicyclic) bond motifs is 1. The van der Waals surface area contributed by atoms with Crippen LogP contribution < -0.4 is 4.74 Å². The molecule has 6 heteroatoms. The van der Waals surface area contributed by atoms with Crippen LogP contribution in [0.2, 0.25) is 0 Å². The van der Waals surface area contributed by atoms with Crippen molar-refractivity contribution in [3.8, 4) is 5.75 Å². The number of aliphatic hydroxyl groups is 1. The second-order valence-electron chi connectivity index (χ2n) is 8.06. The second kappa shape index (κ2) is 7.52. The summed E-state index contributed by atoms with van der Waals surface area (Å²) in [7, 11) is 0. The number of ether oxygens (including phenoxy) is 1. The van der Waals surface area contributed by atoms with Gasteiger partial charge in [-0.15, -0.1) is 0 Å². The van der Waals surface area contributed by atoms with Crippen LogP contribution in [0.5, 0.6) is 5.75 Å². The van der Waals surface area contributed by atoms with Gasteiger partial charge in [0, 0.05) is 50.2 Å². The molecule has 27 heavy (non-hydrogen) atoms. The molecule has 1 aromatic heterocycles. The van der Waals surface area contributed by atoms with Gasteiger partial charge in [0.1, 0.15) is 11.9 Å². The van der Waals surface area contributed by atoms with Crippen LogP contribution >= 0.6 is 0 Å². The number of likely N-dealkylation sites (tertiary alicyclic amines) is 2. The number of H-pyrrole nitrogens is 1. The molecule has 2 aliphatic rings. The molecular weight excluding hydrogens is 342 g/mol. The first kappa shape index (κ1) is 18.3. The molecule has 0 saturated carbocycles. The predicted octanol–water partition coefficient (Wildman–Crippen LogP) is 2.38. The SMILES string of the molecule is CC(=O)N1CCCC(O)(CN2CCC(Oc3cccc4[nH]ccc34)CC2)C1. The zero-order chi connectivity index (χ0) is 18.9. The van der Waals surface area contributed by atoms with E-state index in [0.717, 1.165) is 62.0 Å². The van der Waals surface area contributed by atoms with Crippen molar-refractivity contribution in [2.24, 2.45) is 0 Å². The number of carbonyl (C=O) groups is 1. The number of aromatic amines is 1. The van der Waals surface area contributed by atoms with Gasteiger partial charge in [-0.3, -0.25) is 4.79 Å². The summed E-state index contributed by atoms with van der Waals surface area (Å²) in [5, 5.41) is 12.1. The minimum absolute atomic E-state index is 0.0548. The molecule has 1 amide bonds. The van der Waals surface area contributed by atoms with E-state index in [-0.39, 0.29) is 12.0 Å². The molecule has 0 spiro atoms. The normalized spacial score (nSPS) is 25.0. The molecule has 2 aliphatic heterocycles. The summed E-state index contributed by atoms with van der Waals surface area (Å²) in [6.45, 7) is 5.26. The molecule has 1 unspecified atom stereocenters. The quantitative estimate of drug-likeness (QED) is 0.866. The summed E-state index contributed by atoms with van der Waals surface area (Å²) >= 11 is 0. The van der Waals surface area contributed by atoms with Crippen molar-refractivity contribution in [1.82, 2.24) is 14.8 Å². The molecule has 146 valence electrons. The molecule has 1 atom stereocenters. The largest absolute Gasteiger partial charge is 0.490 e. The fourth-order valence-corrected chi connectivity index (χ4v) is 4.45. The minimum atomic E-state index is -0.783. The lowest BCUT2D eigenvalue weighted by Gasteiger charge is -2.43. The summed E-state index contributed by atoms with van der Waals surface area (Å²) in [4.78, 5) is 19.0. The van der Waals surface area contributed by atoms with Crippen LogP contribution in [0.15, 0.2) is 30.5 Å². The zero-order valence-electron chi connectivity index (χ0n) is 16.0. The van der Waals surface area contributed by atoms with Gasteiger partial charge in [-0.1, -0.05) is 6.07 Å². The monoisotopic (exact) mass is 371 g/mol. The van der Waals surface area contributed by atoms with Gasteiger partial charge in [0.25, 0.3) is 0 Å². The van der Waals surface area contributed by atoms with Gasteiger partial charge in [0.2, 0.25) is 5.91 Å². The Hall–Kier alpha value is -2.05. The average molecular weight is 371 g/mol. The van der Waals surface area contributed by atoms with Crippen molar-refractivity contribution in [2.45, 2.75) is 44.3 Å². The van der Waals surface area contributed by atoms with E-state index in [1.165, 1.54) is 0 Å². The fraction of sp³-hybridized carbons (Fsp3) is 0.571. The molecule has 6 nitrogen and oxygen atoms in total. The summed E-state index contributed by atoms with van der Waals surface area (Å²) in [5.41, 5.74) is 0.313. The van der Waals surface area contributed by atoms with Crippen molar-refractivity contribution in [3.63, 3.8) is 0 Å². The average Bonchev–Trinajstić information content (AvgIpc) is 3.13. The number of hydrogen-bond donors (Lipinski definition) is 2. The highest BCUT2D eigenvalue weighted by Gasteiger charge is 2.36. The number of hydrogen-bond acceptors (Lipinski definition) is 4. The number of rotatable bonds is 4. The summed E-state index contributed by atoms with van der Waals surface area (Å²) in [5.74, 6) is 0.995. The number of amides is 1. The van der Waals surface area contributed by atoms with E-state index in [0.29, 0.717) is 13.1 Å². The van der Waals surface area contributed by atoms with Crippen molar-refractivity contribution < 1.29 is 14.6 Å². The first-order valence-electron chi connectivity index (χ1n) is 9.95. The first-order chi connectivity index (χ1) is 13.0. The van der Waals surface area contributed by atoms with E-state index < -0.39 is 5.60 Å². The smallest absolute Gasteiger partial charge is 0.219 e. The Bertz CT molecular complexity index is 797. The van der Waals surface area contributed by atoms with Crippen LogP contribution in [0.1, 0.15) is 32.6 Å². The van der Waals surface area contributed by atoms with Crippen LogP contribution in [0, 0.1) is 0 Å². The molecule has 0 bridgehead atoms. The van der Waals surface area contributed by atoms with Gasteiger partial charge < -0.3 is 24.6 Å². The van der Waals surface area contributed by atoms with E-state index in [9.17, 15) is 9.90 Å². The molecule has 0 aliphatic carbocycles. The highest BCUT2D eigenvalue weighted by molar-refractivity contribution is 5.85. The number of piperidine rings is 2. The van der Waals surface area contributed by atoms with Gasteiger partial charge in [-0.2, -0.15) is 0 Å². The van der Waals surface area contributed by atoms with E-state index in [2.05, 4.69) is 22.0 Å². The van der Waals surface area contributed by atoms with Crippen molar-refractivity contribution in [3.05, 3.63) is 30.5 Å². The van der Waals surface area contributed by atoms with Gasteiger partial charge in [-0.25, -0.2) is 0 Å². The Morgan fingerprint density at radius 3 is 2.89 bits per heavy atom. The van der Waals surface area contributed by atoms with Crippen LogP contribution in [-0.2, 0) is 4.79 Å². The highest BCUT2D eigenvalue weighted by atomic mass is 16.5. The molecular formula is C21H29N3O3. The summed E-state index contributed by atoms with van der Waals surface area (Å²) in [6.07, 6.45) is 5.69. The van der Waals surface area contributed by atoms with Crippen LogP contribution in [0.3, 0.4) is 0 Å². The molecule has 4 rings (SSSR count). The fourth-order valence-electron chi connectivity index (χ4n) is 4.45. The molecule has 3 heterocycles. The Morgan fingerprint density at radius 2 is 2.11 bits per heavy atom. The van der Waals surface area contributed by atoms with Gasteiger partial charge in [0.15, 0.2) is 0 Å². The molecule has 2 N–H and O–H groups in total. The maximum absolute atomic E-state index is 11.7. The van der Waals surface area contributed by atoms with Gasteiger partial charge >= 0.3 is 0 Å². The molecule has 2 saturated heterocycles. The number of nitrogens with zero attached hydrogens (tertiary/aromatic N) is 2. The minimum Gasteiger partial charge on any atom is -0.490 e. The van der Waals surface area contributed by atoms with E-state index in [1.54, 1.807) is 11.8 Å². The van der Waals surface area contributed by atoms with Gasteiger partial charge in [0.05, 0.1) is 12.1 Å². The Kier molecular flexibility index (Phi) is 5.10. The Morgan fingerprint density at radius 1 is 1.30 bits per heavy atom. The topological polar surface area (TPSA) is 68.8 Å². The lowest BCUT2D eigenvalue weighted by atomic mass is 9.91. The van der Waals surface area contributed by atoms with Crippen molar-refractivity contribution >= 4 is 16.8 Å². The predicted molar refractivity (Wildman–Crippen MR) is 105 cm³/mol. The lowest BCUT2D eigenvalue weighted by Crippen LogP contribution is -2.56. The summed E-state index contributed by atoms with van der Waals surface area (Å²) < 4.78 is 6.28. The van der Waals surface area contributed by atoms with Crippen molar-refractivity contribution in [2.75, 3.05) is 32.7 Å². The Balaban J connectivity index is 1.31. The number of carbonyl (C=O) groups excluding carboxylic acids is 1. The maximum Gasteiger partial charge on any atom is 0.219 e. The standard InChI is InChI=1S/C21H29N3O3/c1-16(25)24-11-3-9-21(26,15-24)14-23-12-7-17(8-13-23)27-20-5-2-4-19-18(20)6-10-22-19/h2,4-6,10,17,22,26H,3,7-9,11-15H2,1H3. The summed E-state index contributed by atoms with van der Waals surface area (Å²) in [6, 6.07) is 8.16. The van der Waals surface area contributed by atoms with E-state index in [1.807, 2.05) is 18.3 Å². The van der Waals surface area contributed by atoms with Crippen LogP contribution in [0.25, 0.3) is 10.9 Å². The van der Waals surface area contributed by atoms with Crippen molar-refractivity contribution in [1.29, 1.82) is 0 Å². The first-order valence-corrected chi connectivity index (χ1v) is 9.95. The molecule has 2 fully saturated rings. The number of nitrogens with one attached hydrogen (secondary N) is 1. The van der Waals surface area contributed by atoms with Gasteiger partial charge in [-0.05, 0) is 43.9 Å². The highest BCUT2D eigenvalue weighted by Crippen LogP contribution is 2.29.